The number of carbonyl (C=O) groups is 1. The molecule has 2 nitrogen and oxygen atoms in total. The number of hydrogen-bond donors (Lipinski definition) is 0. The molecule has 0 spiro atoms. The summed E-state index contributed by atoms with van der Waals surface area (Å²) < 4.78 is 0. The van der Waals surface area contributed by atoms with E-state index in [-0.39, 0.29) is 0 Å². The molecule has 0 radical (unpaired) electrons. The Bertz CT molecular complexity index is 342. The van der Waals surface area contributed by atoms with Gasteiger partial charge in [0.1, 0.15) is 5.78 Å². The van der Waals surface area contributed by atoms with E-state index in [4.69, 9.17) is 0 Å². The molecule has 0 atom stereocenters. The fourth-order valence-corrected chi connectivity index (χ4v) is 1.81. The highest BCUT2D eigenvalue weighted by Gasteiger charge is 2.02. The van der Waals surface area contributed by atoms with Gasteiger partial charge in [-0.05, 0) is 30.5 Å². The molecule has 0 bridgehead atoms. The van der Waals surface area contributed by atoms with E-state index in [0.29, 0.717) is 18.6 Å². The molecule has 0 N–H and O–H groups in total. The third-order valence-corrected chi connectivity index (χ3v) is 3.13. The van der Waals surface area contributed by atoms with Gasteiger partial charge in [0.05, 0.1) is 0 Å². The minimum atomic E-state index is 0.361. The highest BCUT2D eigenvalue weighted by atomic mass is 16.1. The lowest BCUT2D eigenvalue weighted by Crippen LogP contribution is -2.19. The van der Waals surface area contributed by atoms with Crippen molar-refractivity contribution in [2.24, 2.45) is 0 Å². The largest absolute Gasteiger partial charge is 0.375 e. The number of rotatable bonds is 7. The maximum absolute atomic E-state index is 11.2. The van der Waals surface area contributed by atoms with Crippen molar-refractivity contribution >= 4 is 11.5 Å². The smallest absolute Gasteiger partial charge is 0.132 e. The molecule has 94 valence electrons. The van der Waals surface area contributed by atoms with Crippen molar-refractivity contribution in [3.8, 4) is 0 Å². The summed E-state index contributed by atoms with van der Waals surface area (Å²) >= 11 is 0. The number of nitrogens with zero attached hydrogens (tertiary/aromatic N) is 1. The van der Waals surface area contributed by atoms with Crippen molar-refractivity contribution in [2.45, 2.75) is 39.5 Å². The predicted molar refractivity (Wildman–Crippen MR) is 73.6 cm³/mol. The Morgan fingerprint density at radius 2 is 1.82 bits per heavy atom. The summed E-state index contributed by atoms with van der Waals surface area (Å²) in [6.45, 7) is 5.03. The van der Waals surface area contributed by atoms with Crippen LogP contribution in [0.15, 0.2) is 24.3 Å². The van der Waals surface area contributed by atoms with Gasteiger partial charge in [-0.1, -0.05) is 26.0 Å². The molecule has 0 saturated carbocycles. The van der Waals surface area contributed by atoms with Gasteiger partial charge in [-0.25, -0.2) is 0 Å². The quantitative estimate of drug-likeness (QED) is 0.719. The fraction of sp³-hybridized carbons (Fsp3) is 0.533. The molecule has 0 heterocycles. The van der Waals surface area contributed by atoms with E-state index in [0.717, 1.165) is 19.4 Å². The van der Waals surface area contributed by atoms with Crippen LogP contribution in [0.3, 0.4) is 0 Å². The first-order valence-electron chi connectivity index (χ1n) is 6.49. The summed E-state index contributed by atoms with van der Waals surface area (Å²) in [4.78, 5) is 13.4. The van der Waals surface area contributed by atoms with Gasteiger partial charge in [-0.15, -0.1) is 0 Å². The molecule has 0 amide bonds. The van der Waals surface area contributed by atoms with E-state index in [2.05, 4.69) is 43.1 Å². The number of hydrogen-bond acceptors (Lipinski definition) is 2. The van der Waals surface area contributed by atoms with Crippen molar-refractivity contribution in [1.82, 2.24) is 0 Å². The molecule has 0 fully saturated rings. The molecule has 2 heteroatoms. The van der Waals surface area contributed by atoms with Gasteiger partial charge < -0.3 is 4.90 Å². The summed E-state index contributed by atoms with van der Waals surface area (Å²) in [7, 11) is 2.08. The second kappa shape index (κ2) is 7.10. The SMILES string of the molecule is CCC(=O)CCCN(C)c1ccc(CC)cc1. The third-order valence-electron chi connectivity index (χ3n) is 3.13. The number of benzene rings is 1. The lowest BCUT2D eigenvalue weighted by molar-refractivity contribution is -0.118. The monoisotopic (exact) mass is 233 g/mol. The number of Topliss-reactive ketones (excluding diaryl/α,β-unsaturated/α-hetero) is 1. The summed E-state index contributed by atoms with van der Waals surface area (Å²) in [5, 5.41) is 0. The molecule has 1 rings (SSSR count). The van der Waals surface area contributed by atoms with E-state index < -0.39 is 0 Å². The van der Waals surface area contributed by atoms with Crippen LogP contribution in [0, 0.1) is 0 Å². The second-order valence-corrected chi connectivity index (χ2v) is 4.44. The summed E-state index contributed by atoms with van der Waals surface area (Å²) in [6, 6.07) is 8.65. The molecule has 1 aromatic carbocycles. The molecule has 0 saturated heterocycles. The van der Waals surface area contributed by atoms with Gasteiger partial charge in [-0.3, -0.25) is 4.79 Å². The van der Waals surface area contributed by atoms with Crippen LogP contribution >= 0.6 is 0 Å². The van der Waals surface area contributed by atoms with Crippen molar-refractivity contribution in [2.75, 3.05) is 18.5 Å². The maximum Gasteiger partial charge on any atom is 0.132 e. The zero-order valence-corrected chi connectivity index (χ0v) is 11.2. The van der Waals surface area contributed by atoms with E-state index in [1.165, 1.54) is 11.3 Å². The Morgan fingerprint density at radius 1 is 1.18 bits per heavy atom. The van der Waals surface area contributed by atoms with E-state index >= 15 is 0 Å². The zero-order chi connectivity index (χ0) is 12.7. The van der Waals surface area contributed by atoms with Crippen molar-refractivity contribution in [3.05, 3.63) is 29.8 Å². The summed E-state index contributed by atoms with van der Waals surface area (Å²) in [5.41, 5.74) is 2.59. The van der Waals surface area contributed by atoms with Gasteiger partial charge in [0.25, 0.3) is 0 Å². The first-order chi connectivity index (χ1) is 8.17. The zero-order valence-electron chi connectivity index (χ0n) is 11.2. The van der Waals surface area contributed by atoms with Crippen LogP contribution in [0.4, 0.5) is 5.69 Å². The minimum Gasteiger partial charge on any atom is -0.375 e. The average Bonchev–Trinajstić information content (AvgIpc) is 2.38. The molecule has 1 aromatic rings. The highest BCUT2D eigenvalue weighted by molar-refractivity contribution is 5.77. The van der Waals surface area contributed by atoms with Crippen molar-refractivity contribution in [3.63, 3.8) is 0 Å². The summed E-state index contributed by atoms with van der Waals surface area (Å²) in [6.07, 6.45) is 3.39. The van der Waals surface area contributed by atoms with Crippen LogP contribution < -0.4 is 4.90 Å². The second-order valence-electron chi connectivity index (χ2n) is 4.44. The number of ketones is 1. The molecular weight excluding hydrogens is 210 g/mol. The third kappa shape index (κ3) is 4.59. The molecule has 0 unspecified atom stereocenters. The predicted octanol–water partition coefficient (Wildman–Crippen LogP) is 3.44. The molecule has 0 aliphatic carbocycles. The topological polar surface area (TPSA) is 20.3 Å². The normalized spacial score (nSPS) is 10.3. The molecule has 0 aromatic heterocycles. The van der Waals surface area contributed by atoms with Gasteiger partial charge in [0.2, 0.25) is 0 Å². The van der Waals surface area contributed by atoms with Crippen LogP contribution in [-0.2, 0) is 11.2 Å². The van der Waals surface area contributed by atoms with Gasteiger partial charge in [0, 0.05) is 32.1 Å². The van der Waals surface area contributed by atoms with Gasteiger partial charge >= 0.3 is 0 Å². The van der Waals surface area contributed by atoms with Crippen LogP contribution in [0.25, 0.3) is 0 Å². The summed E-state index contributed by atoms with van der Waals surface area (Å²) in [5.74, 6) is 0.361. The van der Waals surface area contributed by atoms with Crippen LogP contribution in [-0.4, -0.2) is 19.4 Å². The first kappa shape index (κ1) is 13.8. The average molecular weight is 233 g/mol. The lowest BCUT2D eigenvalue weighted by atomic mass is 10.1. The fourth-order valence-electron chi connectivity index (χ4n) is 1.81. The molecule has 0 aliphatic rings. The Hall–Kier alpha value is -1.31. The molecule has 0 aliphatic heterocycles. The Morgan fingerprint density at radius 3 is 2.35 bits per heavy atom. The first-order valence-corrected chi connectivity index (χ1v) is 6.49. The van der Waals surface area contributed by atoms with E-state index in [9.17, 15) is 4.79 Å². The number of carbonyl (C=O) groups excluding carboxylic acids is 1. The Labute approximate surface area is 105 Å². The van der Waals surface area contributed by atoms with E-state index in [1.807, 2.05) is 6.92 Å². The lowest BCUT2D eigenvalue weighted by Gasteiger charge is -2.19. The Balaban J connectivity index is 2.40. The van der Waals surface area contributed by atoms with Gasteiger partial charge in [-0.2, -0.15) is 0 Å². The highest BCUT2D eigenvalue weighted by Crippen LogP contribution is 2.14. The molecular formula is C15H23NO. The van der Waals surface area contributed by atoms with Gasteiger partial charge in [0.15, 0.2) is 0 Å². The standard InChI is InChI=1S/C15H23NO/c1-4-13-8-10-14(11-9-13)16(3)12-6-7-15(17)5-2/h8-11H,4-7,12H2,1-3H3. The van der Waals surface area contributed by atoms with Crippen molar-refractivity contribution < 1.29 is 4.79 Å². The van der Waals surface area contributed by atoms with Crippen LogP contribution in [0.2, 0.25) is 0 Å². The van der Waals surface area contributed by atoms with Crippen molar-refractivity contribution in [1.29, 1.82) is 0 Å². The number of aryl methyl sites for hydroxylation is 1. The maximum atomic E-state index is 11.2. The Kier molecular flexibility index (Phi) is 5.75. The van der Waals surface area contributed by atoms with E-state index in [1.54, 1.807) is 0 Å². The molecule has 17 heavy (non-hydrogen) atoms. The number of anilines is 1. The minimum absolute atomic E-state index is 0.361. The van der Waals surface area contributed by atoms with Crippen LogP contribution in [0.5, 0.6) is 0 Å². The van der Waals surface area contributed by atoms with Crippen LogP contribution in [0.1, 0.15) is 38.7 Å².